The number of pyridine rings is 1. The number of aromatic nitrogens is 2. The van der Waals surface area contributed by atoms with Crippen LogP contribution in [0.25, 0.3) is 11.0 Å². The van der Waals surface area contributed by atoms with Crippen molar-refractivity contribution < 1.29 is 14.3 Å². The van der Waals surface area contributed by atoms with Gasteiger partial charge in [0, 0.05) is 37.8 Å². The van der Waals surface area contributed by atoms with E-state index in [1.54, 1.807) is 37.6 Å². The summed E-state index contributed by atoms with van der Waals surface area (Å²) in [5.74, 6) is 1.04. The molecular formula is C28H33N5O3. The fourth-order valence-electron chi connectivity index (χ4n) is 4.87. The molecule has 8 heteroatoms. The number of carbonyl (C=O) groups excluding carboxylic acids is 2. The zero-order valence-electron chi connectivity index (χ0n) is 21.5. The van der Waals surface area contributed by atoms with Crippen molar-refractivity contribution in [3.63, 3.8) is 0 Å². The molecule has 0 spiro atoms. The van der Waals surface area contributed by atoms with E-state index in [4.69, 9.17) is 10.00 Å². The topological polar surface area (TPSA) is 100 Å². The van der Waals surface area contributed by atoms with Gasteiger partial charge in [-0.15, -0.1) is 0 Å². The van der Waals surface area contributed by atoms with E-state index in [0.717, 1.165) is 42.5 Å². The lowest BCUT2D eigenvalue weighted by molar-refractivity contribution is -0.137. The Morgan fingerprint density at radius 1 is 1.22 bits per heavy atom. The molecule has 1 N–H and O–H groups in total. The van der Waals surface area contributed by atoms with Crippen LogP contribution in [0.4, 0.5) is 5.69 Å². The monoisotopic (exact) mass is 487 g/mol. The summed E-state index contributed by atoms with van der Waals surface area (Å²) in [6.45, 7) is 7.62. The van der Waals surface area contributed by atoms with Crippen LogP contribution in [-0.4, -0.2) is 46.5 Å². The second kappa shape index (κ2) is 10.4. The summed E-state index contributed by atoms with van der Waals surface area (Å²) < 4.78 is 7.80. The van der Waals surface area contributed by atoms with Gasteiger partial charge in [0.25, 0.3) is 5.91 Å². The Kier molecular flexibility index (Phi) is 7.30. The van der Waals surface area contributed by atoms with Crippen LogP contribution in [0.1, 0.15) is 61.0 Å². The highest BCUT2D eigenvalue weighted by Gasteiger charge is 2.30. The first-order valence-electron chi connectivity index (χ1n) is 12.4. The number of rotatable bonds is 6. The van der Waals surface area contributed by atoms with Crippen LogP contribution in [-0.2, 0) is 11.8 Å². The second-order valence-electron chi connectivity index (χ2n) is 9.88. The lowest BCUT2D eigenvalue weighted by Gasteiger charge is -2.34. The van der Waals surface area contributed by atoms with Crippen LogP contribution in [0.2, 0.25) is 0 Å². The highest BCUT2D eigenvalue weighted by Crippen LogP contribution is 2.41. The molecule has 188 valence electrons. The quantitative estimate of drug-likeness (QED) is 0.543. The van der Waals surface area contributed by atoms with Gasteiger partial charge in [0.2, 0.25) is 5.91 Å². The molecular weight excluding hydrogens is 454 g/mol. The zero-order chi connectivity index (χ0) is 26.0. The third-order valence-corrected chi connectivity index (χ3v) is 7.31. The Morgan fingerprint density at radius 2 is 1.94 bits per heavy atom. The summed E-state index contributed by atoms with van der Waals surface area (Å²) in [6.07, 6.45) is 5.40. The Labute approximate surface area is 211 Å². The number of piperidine rings is 1. The molecule has 3 aromatic rings. The van der Waals surface area contributed by atoms with E-state index in [9.17, 15) is 9.59 Å². The normalized spacial score (nSPS) is 15.1. The molecule has 2 amide bonds. The molecule has 36 heavy (non-hydrogen) atoms. The van der Waals surface area contributed by atoms with E-state index in [2.05, 4.69) is 36.4 Å². The van der Waals surface area contributed by atoms with Crippen molar-refractivity contribution in [2.75, 3.05) is 25.5 Å². The molecule has 3 heterocycles. The summed E-state index contributed by atoms with van der Waals surface area (Å²) in [5, 5.41) is 12.9. The van der Waals surface area contributed by atoms with Crippen LogP contribution in [0.15, 0.2) is 36.7 Å². The molecule has 1 aliphatic heterocycles. The van der Waals surface area contributed by atoms with Crippen molar-refractivity contribution in [3.8, 4) is 11.8 Å². The standard InChI is InChI=1S/C28H33N5O3/c1-17(2)18(3)28(35)33-11-9-20(10-12-33)22-16-32(4)26-24(22)25(36-5)23(15-30-26)31-27(34)21-8-6-7-19(13-21)14-29/h6-8,13,15-18,20H,9-12H2,1-5H3,(H,31,34)/t18-/m0/s1. The summed E-state index contributed by atoms with van der Waals surface area (Å²) >= 11 is 0. The van der Waals surface area contributed by atoms with Crippen molar-refractivity contribution in [1.29, 1.82) is 5.26 Å². The molecule has 1 saturated heterocycles. The zero-order valence-corrected chi connectivity index (χ0v) is 21.5. The van der Waals surface area contributed by atoms with Crippen LogP contribution in [0, 0.1) is 23.2 Å². The molecule has 4 rings (SSSR count). The van der Waals surface area contributed by atoms with Crippen molar-refractivity contribution in [2.24, 2.45) is 18.9 Å². The van der Waals surface area contributed by atoms with Crippen LogP contribution < -0.4 is 10.1 Å². The summed E-state index contributed by atoms with van der Waals surface area (Å²) in [7, 11) is 3.54. The summed E-state index contributed by atoms with van der Waals surface area (Å²) in [4.78, 5) is 32.4. The number of aryl methyl sites for hydroxylation is 1. The number of hydrogen-bond acceptors (Lipinski definition) is 5. The molecule has 2 aromatic heterocycles. The maximum Gasteiger partial charge on any atom is 0.255 e. The Hall–Kier alpha value is -3.86. The van der Waals surface area contributed by atoms with Gasteiger partial charge in [-0.25, -0.2) is 4.98 Å². The predicted octanol–water partition coefficient (Wildman–Crippen LogP) is 4.70. The van der Waals surface area contributed by atoms with E-state index in [0.29, 0.717) is 28.5 Å². The number of fused-ring (bicyclic) bond motifs is 1. The highest BCUT2D eigenvalue weighted by molar-refractivity contribution is 6.07. The van der Waals surface area contributed by atoms with Gasteiger partial charge in [-0.05, 0) is 48.4 Å². The number of ether oxygens (including phenoxy) is 1. The number of amides is 2. The average Bonchev–Trinajstić information content (AvgIpc) is 3.24. The van der Waals surface area contributed by atoms with Gasteiger partial charge in [-0.1, -0.05) is 26.8 Å². The maximum absolute atomic E-state index is 12.9. The fourth-order valence-corrected chi connectivity index (χ4v) is 4.87. The lowest BCUT2D eigenvalue weighted by Crippen LogP contribution is -2.41. The van der Waals surface area contributed by atoms with Crippen LogP contribution in [0.3, 0.4) is 0 Å². The largest absolute Gasteiger partial charge is 0.494 e. The number of carbonyl (C=O) groups is 2. The number of benzene rings is 1. The van der Waals surface area contributed by atoms with E-state index < -0.39 is 0 Å². The van der Waals surface area contributed by atoms with E-state index in [-0.39, 0.29) is 23.7 Å². The first-order valence-corrected chi connectivity index (χ1v) is 12.4. The number of likely N-dealkylation sites (tertiary alicyclic amines) is 1. The molecule has 0 radical (unpaired) electrons. The van der Waals surface area contributed by atoms with Gasteiger partial charge in [-0.3, -0.25) is 9.59 Å². The molecule has 0 aliphatic carbocycles. The smallest absolute Gasteiger partial charge is 0.255 e. The minimum atomic E-state index is -0.338. The first-order chi connectivity index (χ1) is 17.2. The van der Waals surface area contributed by atoms with Gasteiger partial charge in [0.05, 0.1) is 30.3 Å². The van der Waals surface area contributed by atoms with Crippen molar-refractivity contribution >= 4 is 28.5 Å². The number of methoxy groups -OCH3 is 1. The third-order valence-electron chi connectivity index (χ3n) is 7.31. The number of nitrogens with one attached hydrogen (secondary N) is 1. The van der Waals surface area contributed by atoms with Crippen molar-refractivity contribution in [2.45, 2.75) is 39.5 Å². The van der Waals surface area contributed by atoms with E-state index in [1.807, 2.05) is 23.4 Å². The Bertz CT molecular complexity index is 1330. The second-order valence-corrected chi connectivity index (χ2v) is 9.88. The minimum Gasteiger partial charge on any atom is -0.494 e. The first kappa shape index (κ1) is 25.2. The van der Waals surface area contributed by atoms with Crippen LogP contribution >= 0.6 is 0 Å². The van der Waals surface area contributed by atoms with Gasteiger partial charge in [0.15, 0.2) is 5.75 Å². The molecule has 0 saturated carbocycles. The van der Waals surface area contributed by atoms with Crippen molar-refractivity contribution in [1.82, 2.24) is 14.5 Å². The van der Waals surface area contributed by atoms with Gasteiger partial charge < -0.3 is 19.5 Å². The van der Waals surface area contributed by atoms with Gasteiger partial charge >= 0.3 is 0 Å². The number of hydrogen-bond donors (Lipinski definition) is 1. The Balaban J connectivity index is 1.62. The Morgan fingerprint density at radius 3 is 2.58 bits per heavy atom. The molecule has 1 aromatic carbocycles. The molecule has 0 bridgehead atoms. The SMILES string of the molecule is COc1c(NC(=O)c2cccc(C#N)c2)cnc2c1c(C1CCN(C(=O)[C@@H](C)C(C)C)CC1)cn2C. The molecule has 0 unspecified atom stereocenters. The molecule has 8 nitrogen and oxygen atoms in total. The summed E-state index contributed by atoms with van der Waals surface area (Å²) in [6, 6.07) is 8.61. The predicted molar refractivity (Wildman–Crippen MR) is 139 cm³/mol. The number of nitrogens with zero attached hydrogens (tertiary/aromatic N) is 4. The van der Waals surface area contributed by atoms with E-state index >= 15 is 0 Å². The summed E-state index contributed by atoms with van der Waals surface area (Å²) in [5.41, 5.74) is 3.17. The maximum atomic E-state index is 12.9. The molecule has 1 atom stereocenters. The van der Waals surface area contributed by atoms with Gasteiger partial charge in [-0.2, -0.15) is 5.26 Å². The number of nitriles is 1. The van der Waals surface area contributed by atoms with Gasteiger partial charge in [0.1, 0.15) is 11.3 Å². The van der Waals surface area contributed by atoms with E-state index in [1.165, 1.54) is 0 Å². The molecule has 1 aliphatic rings. The fraction of sp³-hybridized carbons (Fsp3) is 0.429. The third kappa shape index (κ3) is 4.78. The average molecular weight is 488 g/mol. The molecule has 1 fully saturated rings. The highest BCUT2D eigenvalue weighted by atomic mass is 16.5. The lowest BCUT2D eigenvalue weighted by atomic mass is 9.88. The van der Waals surface area contributed by atoms with Crippen LogP contribution in [0.5, 0.6) is 5.75 Å². The minimum absolute atomic E-state index is 0.0171. The number of anilines is 1. The van der Waals surface area contributed by atoms with Crippen molar-refractivity contribution in [3.05, 3.63) is 53.3 Å².